The molecule has 184 valence electrons. The van der Waals surface area contributed by atoms with E-state index in [1.54, 1.807) is 16.7 Å². The number of nitriles is 1. The van der Waals surface area contributed by atoms with Crippen LogP contribution in [0, 0.1) is 17.2 Å². The molecule has 1 aliphatic carbocycles. The molecule has 0 spiro atoms. The van der Waals surface area contributed by atoms with Crippen LogP contribution in [-0.4, -0.2) is 16.5 Å². The van der Waals surface area contributed by atoms with Crippen molar-refractivity contribution >= 4 is 16.9 Å². The Morgan fingerprint density at radius 1 is 1.17 bits per heavy atom. The van der Waals surface area contributed by atoms with Crippen LogP contribution in [0.4, 0.5) is 13.2 Å². The number of Topliss-reactive ketones (excluding diaryl/α,β-unsaturated/α-hetero) is 1. The van der Waals surface area contributed by atoms with Crippen molar-refractivity contribution in [2.45, 2.75) is 64.3 Å². The van der Waals surface area contributed by atoms with Gasteiger partial charge in [-0.05, 0) is 75.4 Å². The number of oxazole rings is 1. The number of nitrogens with zero attached hydrogens (tertiary/aromatic N) is 2. The fraction of sp³-hybridized carbons (Fsp3) is 0.423. The molecule has 0 aliphatic heterocycles. The van der Waals surface area contributed by atoms with Crippen molar-refractivity contribution < 1.29 is 27.1 Å². The van der Waals surface area contributed by atoms with E-state index in [4.69, 9.17) is 9.15 Å². The Bertz CT molecular complexity index is 1340. The van der Waals surface area contributed by atoms with Gasteiger partial charge in [-0.15, -0.1) is 0 Å². The summed E-state index contributed by atoms with van der Waals surface area (Å²) in [7, 11) is 0. The molecule has 3 aromatic rings. The number of carbonyl (C=O) groups is 1. The quantitative estimate of drug-likeness (QED) is 0.439. The number of fused-ring (bicyclic) bond motifs is 1. The highest BCUT2D eigenvalue weighted by atomic mass is 19.4. The van der Waals surface area contributed by atoms with Crippen molar-refractivity contribution in [1.29, 1.82) is 5.26 Å². The fourth-order valence-electron chi connectivity index (χ4n) is 4.60. The summed E-state index contributed by atoms with van der Waals surface area (Å²) in [5.41, 5.74) is 1.07. The van der Waals surface area contributed by atoms with Crippen LogP contribution in [0.25, 0.3) is 11.1 Å². The molecule has 6 nitrogen and oxygen atoms in total. The average molecular weight is 486 g/mol. The van der Waals surface area contributed by atoms with Crippen molar-refractivity contribution in [2.75, 3.05) is 0 Å². The van der Waals surface area contributed by atoms with Gasteiger partial charge in [0.1, 0.15) is 17.6 Å². The molecule has 0 unspecified atom stereocenters. The number of hydrogen-bond acceptors (Lipinski definition) is 5. The first kappa shape index (κ1) is 24.6. The Balaban J connectivity index is 1.38. The Hall–Kier alpha value is -3.54. The zero-order valence-corrected chi connectivity index (χ0v) is 19.4. The summed E-state index contributed by atoms with van der Waals surface area (Å²) in [5.74, 6) is -0.641. The molecule has 9 heteroatoms. The summed E-state index contributed by atoms with van der Waals surface area (Å²) in [5, 5.41) is 9.22. The van der Waals surface area contributed by atoms with Gasteiger partial charge in [-0.1, -0.05) is 6.07 Å². The Morgan fingerprint density at radius 3 is 2.51 bits per heavy atom. The van der Waals surface area contributed by atoms with Crippen LogP contribution in [0.2, 0.25) is 0 Å². The number of halogens is 3. The molecule has 2 aromatic carbocycles. The van der Waals surface area contributed by atoms with Gasteiger partial charge in [0.05, 0.1) is 22.7 Å². The summed E-state index contributed by atoms with van der Waals surface area (Å²) >= 11 is 0. The van der Waals surface area contributed by atoms with Gasteiger partial charge in [-0.2, -0.15) is 18.4 Å². The van der Waals surface area contributed by atoms with Gasteiger partial charge in [-0.25, -0.2) is 4.79 Å². The summed E-state index contributed by atoms with van der Waals surface area (Å²) in [4.78, 5) is 25.0. The third-order valence-corrected chi connectivity index (χ3v) is 6.43. The van der Waals surface area contributed by atoms with Gasteiger partial charge in [0.2, 0.25) is 0 Å². The van der Waals surface area contributed by atoms with Crippen molar-refractivity contribution in [3.05, 3.63) is 63.6 Å². The van der Waals surface area contributed by atoms with Crippen LogP contribution >= 0.6 is 0 Å². The molecule has 35 heavy (non-hydrogen) atoms. The van der Waals surface area contributed by atoms with E-state index in [9.17, 15) is 28.0 Å². The van der Waals surface area contributed by atoms with E-state index in [2.05, 4.69) is 0 Å². The second-order valence-corrected chi connectivity index (χ2v) is 9.19. The maximum absolute atomic E-state index is 13.0. The van der Waals surface area contributed by atoms with Gasteiger partial charge in [-0.3, -0.25) is 9.36 Å². The lowest BCUT2D eigenvalue weighted by Crippen LogP contribution is -2.29. The molecule has 1 saturated carbocycles. The SMILES string of the molecule is CC(C)n1c(=O)oc2cc(CC(=O)C3CCC(Oc4cc(C(F)(F)F)ccc4C#N)CC3)ccc21. The zero-order chi connectivity index (χ0) is 25.3. The molecule has 0 saturated heterocycles. The Kier molecular flexibility index (Phi) is 6.75. The maximum atomic E-state index is 13.0. The molecule has 1 aliphatic rings. The first-order valence-electron chi connectivity index (χ1n) is 11.5. The number of benzene rings is 2. The first-order chi connectivity index (χ1) is 16.6. The molecule has 0 bridgehead atoms. The maximum Gasteiger partial charge on any atom is 0.420 e. The largest absolute Gasteiger partial charge is 0.489 e. The highest BCUT2D eigenvalue weighted by Gasteiger charge is 2.32. The van der Waals surface area contributed by atoms with Crippen molar-refractivity contribution in [3.63, 3.8) is 0 Å². The van der Waals surface area contributed by atoms with E-state index in [-0.39, 0.29) is 41.6 Å². The monoisotopic (exact) mass is 486 g/mol. The highest BCUT2D eigenvalue weighted by molar-refractivity contribution is 5.84. The van der Waals surface area contributed by atoms with Crippen LogP contribution < -0.4 is 10.5 Å². The molecule has 0 radical (unpaired) electrons. The van der Waals surface area contributed by atoms with E-state index < -0.39 is 17.5 Å². The van der Waals surface area contributed by atoms with Crippen LogP contribution in [0.15, 0.2) is 45.6 Å². The Labute approximate surface area is 199 Å². The predicted molar refractivity (Wildman–Crippen MR) is 122 cm³/mol. The molecule has 0 atom stereocenters. The summed E-state index contributed by atoms with van der Waals surface area (Å²) in [6, 6.07) is 9.98. The third-order valence-electron chi connectivity index (χ3n) is 6.43. The summed E-state index contributed by atoms with van der Waals surface area (Å²) in [6.07, 6.45) is -2.59. The lowest BCUT2D eigenvalue weighted by Gasteiger charge is -2.28. The first-order valence-corrected chi connectivity index (χ1v) is 11.5. The molecular formula is C26H25F3N2O4. The molecule has 0 amide bonds. The van der Waals surface area contributed by atoms with E-state index in [0.717, 1.165) is 23.8 Å². The van der Waals surface area contributed by atoms with Crippen LogP contribution in [0.1, 0.15) is 62.3 Å². The third kappa shape index (κ3) is 5.26. The number of hydrogen-bond donors (Lipinski definition) is 0. The van der Waals surface area contributed by atoms with E-state index in [0.29, 0.717) is 36.8 Å². The normalized spacial score (nSPS) is 18.5. The Morgan fingerprint density at radius 2 is 1.89 bits per heavy atom. The summed E-state index contributed by atoms with van der Waals surface area (Å²) < 4.78 is 51.8. The number of ketones is 1. The van der Waals surface area contributed by atoms with Crippen molar-refractivity contribution in [1.82, 2.24) is 4.57 Å². The van der Waals surface area contributed by atoms with E-state index in [1.807, 2.05) is 26.0 Å². The number of alkyl halides is 3. The second-order valence-electron chi connectivity index (χ2n) is 9.19. The van der Waals surface area contributed by atoms with Crippen molar-refractivity contribution in [3.8, 4) is 11.8 Å². The van der Waals surface area contributed by atoms with Gasteiger partial charge in [0.25, 0.3) is 0 Å². The lowest BCUT2D eigenvalue weighted by molar-refractivity contribution is -0.137. The average Bonchev–Trinajstić information content (AvgIpc) is 3.14. The minimum atomic E-state index is -4.53. The van der Waals surface area contributed by atoms with Crippen LogP contribution in [-0.2, 0) is 17.4 Å². The highest BCUT2D eigenvalue weighted by Crippen LogP contribution is 2.35. The van der Waals surface area contributed by atoms with Crippen LogP contribution in [0.5, 0.6) is 5.75 Å². The predicted octanol–water partition coefficient (Wildman–Crippen LogP) is 5.82. The number of aromatic nitrogens is 1. The van der Waals surface area contributed by atoms with Crippen LogP contribution in [0.3, 0.4) is 0 Å². The van der Waals surface area contributed by atoms with Crippen molar-refractivity contribution in [2.24, 2.45) is 5.92 Å². The van der Waals surface area contributed by atoms with Gasteiger partial charge >= 0.3 is 11.9 Å². The molecule has 1 aromatic heterocycles. The number of carbonyl (C=O) groups excluding carboxylic acids is 1. The number of rotatable bonds is 6. The molecule has 0 N–H and O–H groups in total. The number of ether oxygens (including phenoxy) is 1. The molecular weight excluding hydrogens is 461 g/mol. The minimum Gasteiger partial charge on any atom is -0.489 e. The van der Waals surface area contributed by atoms with Gasteiger partial charge in [0.15, 0.2) is 5.58 Å². The fourth-order valence-corrected chi connectivity index (χ4v) is 4.60. The van der Waals surface area contributed by atoms with E-state index >= 15 is 0 Å². The topological polar surface area (TPSA) is 85.2 Å². The van der Waals surface area contributed by atoms with Gasteiger partial charge in [0, 0.05) is 18.4 Å². The second kappa shape index (κ2) is 9.61. The molecule has 1 fully saturated rings. The minimum absolute atomic E-state index is 0.0459. The van der Waals surface area contributed by atoms with Gasteiger partial charge < -0.3 is 9.15 Å². The lowest BCUT2D eigenvalue weighted by atomic mass is 9.83. The smallest absolute Gasteiger partial charge is 0.420 e. The molecule has 1 heterocycles. The van der Waals surface area contributed by atoms with E-state index in [1.165, 1.54) is 0 Å². The standard InChI is InChI=1S/C26H25F3N2O4/c1-15(2)31-21-10-3-16(12-24(21)35-25(31)33)11-22(32)17-5-8-20(9-6-17)34-23-13-19(26(27,28)29)7-4-18(23)14-30/h3-4,7,10,12-13,15,17,20H,5-6,8-9,11H2,1-2H3. The molecule has 4 rings (SSSR count). The zero-order valence-electron chi connectivity index (χ0n) is 19.4. The summed E-state index contributed by atoms with van der Waals surface area (Å²) in [6.45, 7) is 3.78.